The lowest BCUT2D eigenvalue weighted by Crippen LogP contribution is -2.15. The minimum Gasteiger partial charge on any atom is -0.318 e. The molecule has 0 bridgehead atoms. The highest BCUT2D eigenvalue weighted by Crippen LogP contribution is 2.27. The summed E-state index contributed by atoms with van der Waals surface area (Å²) in [5.74, 6) is 0.127. The maximum absolute atomic E-state index is 12.9. The fraction of sp³-hybridized carbons (Fsp3) is 0.0870. The molecule has 0 aliphatic heterocycles. The van der Waals surface area contributed by atoms with E-state index in [1.165, 1.54) is 0 Å². The summed E-state index contributed by atoms with van der Waals surface area (Å²) in [5.41, 5.74) is 3.89. The summed E-state index contributed by atoms with van der Waals surface area (Å²) in [6, 6.07) is 20.6. The van der Waals surface area contributed by atoms with E-state index in [9.17, 15) is 4.79 Å². The lowest BCUT2D eigenvalue weighted by molar-refractivity contribution is 0.101. The largest absolute Gasteiger partial charge is 0.318 e. The molecule has 0 atom stereocenters. The normalized spacial score (nSPS) is 10.8. The molecule has 7 heteroatoms. The third-order valence-corrected chi connectivity index (χ3v) is 5.42. The first kappa shape index (κ1) is 20.1. The van der Waals surface area contributed by atoms with E-state index in [4.69, 9.17) is 23.2 Å². The highest BCUT2D eigenvalue weighted by atomic mass is 35.5. The molecule has 150 valence electrons. The Kier molecular flexibility index (Phi) is 5.57. The Hall–Kier alpha value is -3.15. The van der Waals surface area contributed by atoms with E-state index in [2.05, 4.69) is 15.4 Å². The van der Waals surface area contributed by atoms with Gasteiger partial charge in [0, 0.05) is 10.6 Å². The van der Waals surface area contributed by atoms with Crippen molar-refractivity contribution in [3.05, 3.63) is 93.7 Å². The number of benzene rings is 3. The summed E-state index contributed by atoms with van der Waals surface area (Å²) in [5, 5.41) is 8.36. The van der Waals surface area contributed by atoms with E-state index >= 15 is 0 Å². The molecule has 1 aromatic heterocycles. The molecule has 4 rings (SSSR count). The average Bonchev–Trinajstić information content (AvgIpc) is 3.19. The molecule has 3 aromatic carbocycles. The van der Waals surface area contributed by atoms with Gasteiger partial charge in [0.2, 0.25) is 5.82 Å². The molecule has 1 amide bonds. The van der Waals surface area contributed by atoms with Crippen molar-refractivity contribution in [3.63, 3.8) is 0 Å². The molecule has 0 spiro atoms. The number of nitrogens with zero attached hydrogens (tertiary/aromatic N) is 3. The zero-order valence-electron chi connectivity index (χ0n) is 16.4. The second kappa shape index (κ2) is 8.30. The smallest absolute Gasteiger partial charge is 0.295 e. The molecule has 5 nitrogen and oxygen atoms in total. The number of carbonyl (C=O) groups is 1. The number of para-hydroxylation sites is 1. The van der Waals surface area contributed by atoms with Crippen molar-refractivity contribution >= 4 is 34.8 Å². The Morgan fingerprint density at radius 3 is 2.37 bits per heavy atom. The molecular formula is C23H18Cl2N4O. The molecule has 4 aromatic rings. The van der Waals surface area contributed by atoms with E-state index in [0.717, 1.165) is 16.7 Å². The minimum absolute atomic E-state index is 0.0323. The van der Waals surface area contributed by atoms with E-state index in [-0.39, 0.29) is 5.82 Å². The zero-order chi connectivity index (χ0) is 21.3. The van der Waals surface area contributed by atoms with Gasteiger partial charge in [0.25, 0.3) is 5.91 Å². The second-order valence-electron chi connectivity index (χ2n) is 6.86. The van der Waals surface area contributed by atoms with Crippen molar-refractivity contribution in [2.24, 2.45) is 0 Å². The number of anilines is 1. The number of carbonyl (C=O) groups excluding carboxylic acids is 1. The first-order valence-electron chi connectivity index (χ1n) is 9.29. The van der Waals surface area contributed by atoms with Crippen LogP contribution in [-0.4, -0.2) is 20.7 Å². The van der Waals surface area contributed by atoms with Crippen molar-refractivity contribution in [3.8, 4) is 17.1 Å². The number of amides is 1. The molecular weight excluding hydrogens is 419 g/mol. The molecule has 0 fully saturated rings. The molecule has 1 N–H and O–H groups in total. The van der Waals surface area contributed by atoms with Gasteiger partial charge in [-0.1, -0.05) is 71.7 Å². The Morgan fingerprint density at radius 2 is 1.67 bits per heavy atom. The summed E-state index contributed by atoms with van der Waals surface area (Å²) in [6.45, 7) is 3.80. The Morgan fingerprint density at radius 1 is 0.900 bits per heavy atom. The molecule has 0 unspecified atom stereocenters. The summed E-state index contributed by atoms with van der Waals surface area (Å²) in [7, 11) is 0. The standard InChI is InChI=1S/C23H18Cl2N4O/c1-14-11-12-17(13-19(14)25)29-22(16-8-4-3-5-9-16)27-21(28-29)23(30)26-20-15(2)7-6-10-18(20)24/h3-13H,1-2H3,(H,26,30). The molecule has 0 aliphatic carbocycles. The number of nitrogens with one attached hydrogen (secondary N) is 1. The van der Waals surface area contributed by atoms with E-state index in [1.807, 2.05) is 68.4 Å². The number of aryl methyl sites for hydroxylation is 2. The molecule has 0 saturated heterocycles. The van der Waals surface area contributed by atoms with Crippen molar-refractivity contribution in [1.82, 2.24) is 14.8 Å². The van der Waals surface area contributed by atoms with Crippen LogP contribution in [0.1, 0.15) is 21.7 Å². The number of rotatable bonds is 4. The topological polar surface area (TPSA) is 59.8 Å². The second-order valence-corrected chi connectivity index (χ2v) is 7.67. The van der Waals surface area contributed by atoms with Crippen LogP contribution in [0, 0.1) is 13.8 Å². The van der Waals surface area contributed by atoms with Gasteiger partial charge in [-0.3, -0.25) is 4.79 Å². The Bertz CT molecular complexity index is 1220. The lowest BCUT2D eigenvalue weighted by atomic mass is 10.2. The predicted molar refractivity (Wildman–Crippen MR) is 121 cm³/mol. The van der Waals surface area contributed by atoms with E-state index < -0.39 is 5.91 Å². The van der Waals surface area contributed by atoms with Crippen molar-refractivity contribution in [1.29, 1.82) is 0 Å². The summed E-state index contributed by atoms with van der Waals surface area (Å²) in [4.78, 5) is 17.5. The number of aromatic nitrogens is 3. The van der Waals surface area contributed by atoms with Gasteiger partial charge in [-0.05, 0) is 43.2 Å². The first-order valence-corrected chi connectivity index (χ1v) is 10.0. The Balaban J connectivity index is 1.79. The Labute approximate surface area is 184 Å². The van der Waals surface area contributed by atoms with Crippen LogP contribution < -0.4 is 5.32 Å². The minimum atomic E-state index is -0.444. The van der Waals surface area contributed by atoms with Gasteiger partial charge < -0.3 is 5.32 Å². The summed E-state index contributed by atoms with van der Waals surface area (Å²) in [6.07, 6.45) is 0. The van der Waals surface area contributed by atoms with Gasteiger partial charge in [-0.2, -0.15) is 0 Å². The molecule has 0 aliphatic rings. The average molecular weight is 437 g/mol. The van der Waals surface area contributed by atoms with Crippen molar-refractivity contribution in [2.75, 3.05) is 5.32 Å². The van der Waals surface area contributed by atoms with Gasteiger partial charge in [0.1, 0.15) is 0 Å². The van der Waals surface area contributed by atoms with E-state index in [0.29, 0.717) is 27.2 Å². The number of hydrogen-bond donors (Lipinski definition) is 1. The summed E-state index contributed by atoms with van der Waals surface area (Å²) < 4.78 is 1.62. The van der Waals surface area contributed by atoms with Gasteiger partial charge in [-0.15, -0.1) is 5.10 Å². The fourth-order valence-corrected chi connectivity index (χ4v) is 3.48. The maximum Gasteiger partial charge on any atom is 0.295 e. The zero-order valence-corrected chi connectivity index (χ0v) is 17.9. The molecule has 30 heavy (non-hydrogen) atoms. The molecule has 0 saturated carbocycles. The highest BCUT2D eigenvalue weighted by molar-refractivity contribution is 6.34. The van der Waals surface area contributed by atoms with Gasteiger partial charge in [0.05, 0.1) is 16.4 Å². The lowest BCUT2D eigenvalue weighted by Gasteiger charge is -2.08. The van der Waals surface area contributed by atoms with Crippen LogP contribution in [0.4, 0.5) is 5.69 Å². The van der Waals surface area contributed by atoms with Crippen molar-refractivity contribution < 1.29 is 4.79 Å². The quantitative estimate of drug-likeness (QED) is 0.419. The van der Waals surface area contributed by atoms with Crippen LogP contribution in [0.5, 0.6) is 0 Å². The summed E-state index contributed by atoms with van der Waals surface area (Å²) >= 11 is 12.6. The third kappa shape index (κ3) is 3.95. The SMILES string of the molecule is Cc1ccc(-n2nc(C(=O)Nc3c(C)cccc3Cl)nc2-c2ccccc2)cc1Cl. The van der Waals surface area contributed by atoms with Crippen LogP contribution in [0.25, 0.3) is 17.1 Å². The molecule has 1 heterocycles. The fourth-order valence-electron chi connectivity index (χ4n) is 3.04. The van der Waals surface area contributed by atoms with Gasteiger partial charge >= 0.3 is 0 Å². The van der Waals surface area contributed by atoms with E-state index in [1.54, 1.807) is 16.8 Å². The van der Waals surface area contributed by atoms with Crippen LogP contribution in [0.3, 0.4) is 0 Å². The van der Waals surface area contributed by atoms with Crippen molar-refractivity contribution in [2.45, 2.75) is 13.8 Å². The van der Waals surface area contributed by atoms with Gasteiger partial charge in [-0.25, -0.2) is 9.67 Å². The van der Waals surface area contributed by atoms with Crippen LogP contribution >= 0.6 is 23.2 Å². The monoisotopic (exact) mass is 436 g/mol. The maximum atomic E-state index is 12.9. The number of hydrogen-bond acceptors (Lipinski definition) is 3. The van der Waals surface area contributed by atoms with Gasteiger partial charge in [0.15, 0.2) is 5.82 Å². The van der Waals surface area contributed by atoms with Crippen LogP contribution in [0.2, 0.25) is 10.0 Å². The van der Waals surface area contributed by atoms with Crippen LogP contribution in [0.15, 0.2) is 66.7 Å². The predicted octanol–water partition coefficient (Wildman–Crippen LogP) is 6.11. The highest BCUT2D eigenvalue weighted by Gasteiger charge is 2.20. The number of halogens is 2. The molecule has 0 radical (unpaired) electrons. The van der Waals surface area contributed by atoms with Crippen LogP contribution in [-0.2, 0) is 0 Å². The third-order valence-electron chi connectivity index (χ3n) is 4.70. The first-order chi connectivity index (χ1) is 14.4.